The van der Waals surface area contributed by atoms with Gasteiger partial charge in [-0.05, 0) is 36.2 Å². The summed E-state index contributed by atoms with van der Waals surface area (Å²) in [5.74, 6) is 1.72. The zero-order valence-electron chi connectivity index (χ0n) is 10.7. The van der Waals surface area contributed by atoms with E-state index in [1.165, 1.54) is 0 Å². The van der Waals surface area contributed by atoms with Crippen LogP contribution in [0.5, 0.6) is 0 Å². The van der Waals surface area contributed by atoms with Crippen LogP contribution in [0.3, 0.4) is 0 Å². The van der Waals surface area contributed by atoms with Gasteiger partial charge in [0, 0.05) is 25.1 Å². The van der Waals surface area contributed by atoms with Crippen LogP contribution in [0, 0.1) is 0 Å². The van der Waals surface area contributed by atoms with Crippen molar-refractivity contribution in [1.82, 2.24) is 9.97 Å². The van der Waals surface area contributed by atoms with Crippen LogP contribution in [0.2, 0.25) is 0 Å². The summed E-state index contributed by atoms with van der Waals surface area (Å²) in [6, 6.07) is 2.13. The molecule has 96 valence electrons. The van der Waals surface area contributed by atoms with Crippen LogP contribution in [0.15, 0.2) is 10.7 Å². The Morgan fingerprint density at radius 1 is 1.41 bits per heavy atom. The Hall–Kier alpha value is -0.680. The minimum absolute atomic E-state index is 0.242. The standard InChI is InChI=1S/C12H20BrN3O/c1-4-6-11-15-10(13)7-12(16-11)14-9(3)8-17-5-2/h7,9H,4-6,8H2,1-3H3,(H,14,15,16). The first-order valence-electron chi connectivity index (χ1n) is 6.03. The van der Waals surface area contributed by atoms with E-state index >= 15 is 0 Å². The molecule has 1 heterocycles. The van der Waals surface area contributed by atoms with Gasteiger partial charge in [0.1, 0.15) is 16.2 Å². The molecule has 1 aromatic rings. The Morgan fingerprint density at radius 2 is 2.18 bits per heavy atom. The lowest BCUT2D eigenvalue weighted by Gasteiger charge is -2.14. The number of aromatic nitrogens is 2. The van der Waals surface area contributed by atoms with Gasteiger partial charge in [-0.3, -0.25) is 0 Å². The van der Waals surface area contributed by atoms with Crippen LogP contribution >= 0.6 is 15.9 Å². The second kappa shape index (κ2) is 7.61. The van der Waals surface area contributed by atoms with Crippen molar-refractivity contribution in [1.29, 1.82) is 0 Å². The Labute approximate surface area is 111 Å². The Kier molecular flexibility index (Phi) is 6.44. The number of nitrogens with zero attached hydrogens (tertiary/aromatic N) is 2. The number of ether oxygens (including phenoxy) is 1. The van der Waals surface area contributed by atoms with E-state index in [0.717, 1.165) is 35.7 Å². The van der Waals surface area contributed by atoms with E-state index in [1.807, 2.05) is 13.0 Å². The minimum atomic E-state index is 0.242. The van der Waals surface area contributed by atoms with Gasteiger partial charge in [-0.2, -0.15) is 0 Å². The summed E-state index contributed by atoms with van der Waals surface area (Å²) in [4.78, 5) is 8.79. The molecule has 0 saturated carbocycles. The number of rotatable bonds is 7. The van der Waals surface area contributed by atoms with E-state index < -0.39 is 0 Å². The molecule has 0 fully saturated rings. The van der Waals surface area contributed by atoms with Gasteiger partial charge in [0.2, 0.25) is 0 Å². The fourth-order valence-corrected chi connectivity index (χ4v) is 1.88. The van der Waals surface area contributed by atoms with Gasteiger partial charge in [-0.25, -0.2) is 9.97 Å². The zero-order chi connectivity index (χ0) is 12.7. The summed E-state index contributed by atoms with van der Waals surface area (Å²) < 4.78 is 6.18. The van der Waals surface area contributed by atoms with E-state index in [-0.39, 0.29) is 6.04 Å². The fraction of sp³-hybridized carbons (Fsp3) is 0.667. The molecule has 1 rings (SSSR count). The van der Waals surface area contributed by atoms with E-state index in [9.17, 15) is 0 Å². The molecule has 0 saturated heterocycles. The maximum absolute atomic E-state index is 5.36. The quantitative estimate of drug-likeness (QED) is 0.787. The average molecular weight is 302 g/mol. The lowest BCUT2D eigenvalue weighted by Crippen LogP contribution is -2.22. The molecule has 1 aromatic heterocycles. The maximum Gasteiger partial charge on any atom is 0.132 e. The first-order valence-corrected chi connectivity index (χ1v) is 6.82. The van der Waals surface area contributed by atoms with Gasteiger partial charge >= 0.3 is 0 Å². The Bertz CT molecular complexity index is 347. The number of nitrogens with one attached hydrogen (secondary N) is 1. The summed E-state index contributed by atoms with van der Waals surface area (Å²) in [6.45, 7) is 7.61. The summed E-state index contributed by atoms with van der Waals surface area (Å²) in [6.07, 6.45) is 1.94. The van der Waals surface area contributed by atoms with Gasteiger partial charge < -0.3 is 10.1 Å². The van der Waals surface area contributed by atoms with E-state index in [0.29, 0.717) is 6.61 Å². The molecule has 4 nitrogen and oxygen atoms in total. The first-order chi connectivity index (χ1) is 8.15. The number of anilines is 1. The van der Waals surface area contributed by atoms with Crippen LogP contribution in [-0.2, 0) is 11.2 Å². The van der Waals surface area contributed by atoms with Gasteiger partial charge in [0.15, 0.2) is 0 Å². The minimum Gasteiger partial charge on any atom is -0.380 e. The second-order valence-corrected chi connectivity index (χ2v) is 4.76. The second-order valence-electron chi connectivity index (χ2n) is 3.95. The van der Waals surface area contributed by atoms with Crippen LogP contribution < -0.4 is 5.32 Å². The van der Waals surface area contributed by atoms with Gasteiger partial charge in [-0.1, -0.05) is 6.92 Å². The third-order valence-corrected chi connectivity index (χ3v) is 2.59. The van der Waals surface area contributed by atoms with Crippen molar-refractivity contribution in [3.8, 4) is 0 Å². The highest BCUT2D eigenvalue weighted by Gasteiger charge is 2.06. The predicted octanol–water partition coefficient (Wildman–Crippen LogP) is 3.03. The molecule has 0 radical (unpaired) electrons. The highest BCUT2D eigenvalue weighted by atomic mass is 79.9. The Morgan fingerprint density at radius 3 is 2.82 bits per heavy atom. The van der Waals surface area contributed by atoms with Crippen molar-refractivity contribution in [3.63, 3.8) is 0 Å². The lowest BCUT2D eigenvalue weighted by atomic mass is 10.3. The molecule has 0 aliphatic carbocycles. The largest absolute Gasteiger partial charge is 0.380 e. The topological polar surface area (TPSA) is 47.0 Å². The number of hydrogen-bond donors (Lipinski definition) is 1. The van der Waals surface area contributed by atoms with Crippen molar-refractivity contribution < 1.29 is 4.74 Å². The molecule has 1 N–H and O–H groups in total. The fourth-order valence-electron chi connectivity index (χ4n) is 1.46. The van der Waals surface area contributed by atoms with Crippen LogP contribution in [0.25, 0.3) is 0 Å². The summed E-state index contributed by atoms with van der Waals surface area (Å²) >= 11 is 3.40. The molecular formula is C12H20BrN3O. The zero-order valence-corrected chi connectivity index (χ0v) is 12.2. The summed E-state index contributed by atoms with van der Waals surface area (Å²) in [5, 5.41) is 3.31. The molecule has 0 amide bonds. The molecule has 1 atom stereocenters. The van der Waals surface area contributed by atoms with E-state index in [1.54, 1.807) is 0 Å². The average Bonchev–Trinajstić information content (AvgIpc) is 2.26. The lowest BCUT2D eigenvalue weighted by molar-refractivity contribution is 0.141. The number of hydrogen-bond acceptors (Lipinski definition) is 4. The SMILES string of the molecule is CCCc1nc(Br)cc(NC(C)COCC)n1. The van der Waals surface area contributed by atoms with Crippen molar-refractivity contribution >= 4 is 21.7 Å². The van der Waals surface area contributed by atoms with Crippen LogP contribution in [0.4, 0.5) is 5.82 Å². The predicted molar refractivity (Wildman–Crippen MR) is 73.3 cm³/mol. The van der Waals surface area contributed by atoms with Gasteiger partial charge in [0.05, 0.1) is 6.61 Å². The smallest absolute Gasteiger partial charge is 0.132 e. The summed E-state index contributed by atoms with van der Waals surface area (Å²) in [5.41, 5.74) is 0. The number of halogens is 1. The van der Waals surface area contributed by atoms with E-state index in [4.69, 9.17) is 4.74 Å². The van der Waals surface area contributed by atoms with Gasteiger partial charge in [-0.15, -0.1) is 0 Å². The molecule has 1 unspecified atom stereocenters. The third-order valence-electron chi connectivity index (χ3n) is 2.18. The monoisotopic (exact) mass is 301 g/mol. The normalized spacial score (nSPS) is 12.5. The molecule has 0 spiro atoms. The molecule has 0 aliphatic heterocycles. The van der Waals surface area contributed by atoms with Crippen molar-refractivity contribution in [2.45, 2.75) is 39.7 Å². The molecule has 5 heteroatoms. The van der Waals surface area contributed by atoms with E-state index in [2.05, 4.69) is 45.1 Å². The molecule has 0 aromatic carbocycles. The molecule has 17 heavy (non-hydrogen) atoms. The highest BCUT2D eigenvalue weighted by molar-refractivity contribution is 9.10. The third kappa shape index (κ3) is 5.46. The van der Waals surface area contributed by atoms with Crippen molar-refractivity contribution in [2.24, 2.45) is 0 Å². The highest BCUT2D eigenvalue weighted by Crippen LogP contribution is 2.14. The molecule has 0 bridgehead atoms. The number of aryl methyl sites for hydroxylation is 1. The Balaban J connectivity index is 2.63. The van der Waals surface area contributed by atoms with Gasteiger partial charge in [0.25, 0.3) is 0 Å². The van der Waals surface area contributed by atoms with Crippen LogP contribution in [0.1, 0.15) is 33.0 Å². The maximum atomic E-state index is 5.36. The molecule has 0 aliphatic rings. The molecular weight excluding hydrogens is 282 g/mol. The summed E-state index contributed by atoms with van der Waals surface area (Å²) in [7, 11) is 0. The van der Waals surface area contributed by atoms with Crippen LogP contribution in [-0.4, -0.2) is 29.2 Å². The van der Waals surface area contributed by atoms with Crippen molar-refractivity contribution in [2.75, 3.05) is 18.5 Å². The first kappa shape index (κ1) is 14.4. The van der Waals surface area contributed by atoms with Crippen molar-refractivity contribution in [3.05, 3.63) is 16.5 Å².